The number of benzene rings is 1. The molecule has 1 aliphatic rings. The summed E-state index contributed by atoms with van der Waals surface area (Å²) in [4.78, 5) is 23.5. The van der Waals surface area contributed by atoms with Gasteiger partial charge in [-0.05, 0) is 43.5 Å². The Kier molecular flexibility index (Phi) is 4.45. The van der Waals surface area contributed by atoms with Crippen molar-refractivity contribution >= 4 is 11.9 Å². The van der Waals surface area contributed by atoms with Crippen molar-refractivity contribution in [3.63, 3.8) is 0 Å². The van der Waals surface area contributed by atoms with Crippen molar-refractivity contribution < 1.29 is 29.1 Å². The van der Waals surface area contributed by atoms with Crippen LogP contribution in [0.15, 0.2) is 22.7 Å². The van der Waals surface area contributed by atoms with Gasteiger partial charge in [-0.1, -0.05) is 5.16 Å². The lowest BCUT2D eigenvalue weighted by Crippen LogP contribution is -2.47. The Morgan fingerprint density at radius 1 is 1.36 bits per heavy atom. The average Bonchev–Trinajstić information content (AvgIpc) is 3.02. The number of aliphatic hydroxyl groups excluding tert-OH is 1. The number of aryl methyl sites for hydroxylation is 1. The van der Waals surface area contributed by atoms with Crippen LogP contribution in [0.3, 0.4) is 0 Å². The molecule has 0 fully saturated rings. The summed E-state index contributed by atoms with van der Waals surface area (Å²) in [6.07, 6.45) is -0.0223. The molecule has 0 spiro atoms. The summed E-state index contributed by atoms with van der Waals surface area (Å²) >= 11 is 0. The number of nitrogens with one attached hydrogen (secondary N) is 1. The van der Waals surface area contributed by atoms with E-state index in [-0.39, 0.29) is 5.69 Å². The SMILES string of the molecule is COc1ccc2c(c1)CCc1c(C(=O)N[C@H](C(=O)O)[C@@H](C)O)noc1-2. The van der Waals surface area contributed by atoms with Gasteiger partial charge in [0.15, 0.2) is 17.5 Å². The summed E-state index contributed by atoms with van der Waals surface area (Å²) in [5.74, 6) is -0.771. The molecular weight excluding hydrogens is 328 g/mol. The second kappa shape index (κ2) is 6.56. The number of amides is 1. The number of carbonyl (C=O) groups excluding carboxylic acids is 1. The predicted octanol–water partition coefficient (Wildman–Crippen LogP) is 1.01. The fourth-order valence-corrected chi connectivity index (χ4v) is 2.91. The van der Waals surface area contributed by atoms with Crippen LogP contribution in [0.5, 0.6) is 5.75 Å². The molecule has 3 rings (SSSR count). The Labute approximate surface area is 143 Å². The molecule has 1 aromatic carbocycles. The highest BCUT2D eigenvalue weighted by molar-refractivity contribution is 5.97. The number of ether oxygens (including phenoxy) is 1. The van der Waals surface area contributed by atoms with Gasteiger partial charge in [0.25, 0.3) is 5.91 Å². The molecule has 2 aromatic rings. The molecule has 0 unspecified atom stereocenters. The number of fused-ring (bicyclic) bond motifs is 3. The summed E-state index contributed by atoms with van der Waals surface area (Å²) in [6.45, 7) is 1.29. The van der Waals surface area contributed by atoms with Crippen LogP contribution in [-0.2, 0) is 17.6 Å². The Morgan fingerprint density at radius 3 is 2.76 bits per heavy atom. The quantitative estimate of drug-likeness (QED) is 0.738. The number of hydrogen-bond donors (Lipinski definition) is 3. The zero-order chi connectivity index (χ0) is 18.1. The Bertz CT molecular complexity index is 827. The van der Waals surface area contributed by atoms with Crippen molar-refractivity contribution in [1.82, 2.24) is 10.5 Å². The molecule has 3 N–H and O–H groups in total. The molecule has 0 saturated heterocycles. The van der Waals surface area contributed by atoms with E-state index in [0.717, 1.165) is 16.9 Å². The summed E-state index contributed by atoms with van der Waals surface area (Å²) in [5.41, 5.74) is 2.54. The highest BCUT2D eigenvalue weighted by Crippen LogP contribution is 2.36. The molecule has 8 heteroatoms. The van der Waals surface area contributed by atoms with Gasteiger partial charge in [0.1, 0.15) is 5.75 Å². The van der Waals surface area contributed by atoms with Crippen LogP contribution in [0.2, 0.25) is 0 Å². The fourth-order valence-electron chi connectivity index (χ4n) is 2.91. The van der Waals surface area contributed by atoms with Crippen LogP contribution in [0.25, 0.3) is 11.3 Å². The molecule has 1 aromatic heterocycles. The Hall–Kier alpha value is -2.87. The van der Waals surface area contributed by atoms with Gasteiger partial charge in [0.05, 0.1) is 13.2 Å². The fraction of sp³-hybridized carbons (Fsp3) is 0.353. The van der Waals surface area contributed by atoms with Gasteiger partial charge in [-0.15, -0.1) is 0 Å². The zero-order valence-corrected chi connectivity index (χ0v) is 13.8. The number of aromatic nitrogens is 1. The van der Waals surface area contributed by atoms with Gasteiger partial charge < -0.3 is 24.8 Å². The van der Waals surface area contributed by atoms with Gasteiger partial charge >= 0.3 is 5.97 Å². The van der Waals surface area contributed by atoms with Gasteiger partial charge in [-0.25, -0.2) is 4.79 Å². The molecule has 0 bridgehead atoms. The van der Waals surface area contributed by atoms with Gasteiger partial charge in [-0.2, -0.15) is 0 Å². The highest BCUT2D eigenvalue weighted by Gasteiger charge is 2.31. The lowest BCUT2D eigenvalue weighted by molar-refractivity contribution is -0.141. The number of nitrogens with zero attached hydrogens (tertiary/aromatic N) is 1. The smallest absolute Gasteiger partial charge is 0.328 e. The van der Waals surface area contributed by atoms with Crippen molar-refractivity contribution in [2.45, 2.75) is 31.9 Å². The number of carboxylic acids is 1. The van der Waals surface area contributed by atoms with E-state index in [1.165, 1.54) is 6.92 Å². The predicted molar refractivity (Wildman–Crippen MR) is 86.5 cm³/mol. The van der Waals surface area contributed by atoms with Crippen LogP contribution in [0, 0.1) is 0 Å². The number of carboxylic acid groups (broad SMARTS) is 1. The highest BCUT2D eigenvalue weighted by atomic mass is 16.5. The zero-order valence-electron chi connectivity index (χ0n) is 13.8. The maximum atomic E-state index is 12.4. The average molecular weight is 346 g/mol. The molecule has 0 radical (unpaired) electrons. The van der Waals surface area contributed by atoms with E-state index in [9.17, 15) is 14.7 Å². The summed E-state index contributed by atoms with van der Waals surface area (Å²) < 4.78 is 10.6. The lowest BCUT2D eigenvalue weighted by Gasteiger charge is -2.18. The molecule has 0 saturated carbocycles. The number of hydrogen-bond acceptors (Lipinski definition) is 6. The van der Waals surface area contributed by atoms with E-state index < -0.39 is 24.0 Å². The van der Waals surface area contributed by atoms with Crippen LogP contribution in [0.1, 0.15) is 28.5 Å². The minimum Gasteiger partial charge on any atom is -0.497 e. The molecule has 1 heterocycles. The first-order valence-electron chi connectivity index (χ1n) is 7.80. The molecule has 0 aliphatic heterocycles. The van der Waals surface area contributed by atoms with Crippen LogP contribution in [0.4, 0.5) is 0 Å². The molecule has 2 atom stereocenters. The van der Waals surface area contributed by atoms with Gasteiger partial charge in [0, 0.05) is 11.1 Å². The molecule has 1 aliphatic carbocycles. The number of methoxy groups -OCH3 is 1. The Balaban J connectivity index is 1.91. The molecule has 1 amide bonds. The first-order valence-corrected chi connectivity index (χ1v) is 7.80. The van der Waals surface area contributed by atoms with E-state index in [4.69, 9.17) is 14.4 Å². The second-order valence-electron chi connectivity index (χ2n) is 5.89. The minimum absolute atomic E-state index is 0.0448. The maximum Gasteiger partial charge on any atom is 0.328 e. The lowest BCUT2D eigenvalue weighted by atomic mass is 9.89. The summed E-state index contributed by atoms with van der Waals surface area (Å²) in [7, 11) is 1.59. The third-order valence-corrected chi connectivity index (χ3v) is 4.24. The molecule has 25 heavy (non-hydrogen) atoms. The van der Waals surface area contributed by atoms with Crippen LogP contribution < -0.4 is 10.1 Å². The number of aliphatic hydroxyl groups is 1. The van der Waals surface area contributed by atoms with Crippen molar-refractivity contribution in [2.24, 2.45) is 0 Å². The number of rotatable bonds is 5. The second-order valence-corrected chi connectivity index (χ2v) is 5.89. The Morgan fingerprint density at radius 2 is 2.12 bits per heavy atom. The van der Waals surface area contributed by atoms with Crippen molar-refractivity contribution in [3.05, 3.63) is 35.0 Å². The third kappa shape index (κ3) is 3.08. The molecular formula is C17H18N2O6. The van der Waals surface area contributed by atoms with E-state index >= 15 is 0 Å². The van der Waals surface area contributed by atoms with E-state index in [0.29, 0.717) is 24.2 Å². The van der Waals surface area contributed by atoms with Crippen LogP contribution in [-0.4, -0.2) is 46.5 Å². The maximum absolute atomic E-state index is 12.4. The van der Waals surface area contributed by atoms with Crippen molar-refractivity contribution in [3.8, 4) is 17.1 Å². The number of carbonyl (C=O) groups is 2. The van der Waals surface area contributed by atoms with Crippen molar-refractivity contribution in [2.75, 3.05) is 7.11 Å². The van der Waals surface area contributed by atoms with Gasteiger partial charge in [0.2, 0.25) is 0 Å². The van der Waals surface area contributed by atoms with E-state index in [1.54, 1.807) is 13.2 Å². The normalized spacial score (nSPS) is 14.8. The summed E-state index contributed by atoms with van der Waals surface area (Å²) in [5, 5.41) is 24.7. The van der Waals surface area contributed by atoms with Gasteiger partial charge in [-0.3, -0.25) is 4.79 Å². The molecule has 8 nitrogen and oxygen atoms in total. The minimum atomic E-state index is -1.42. The van der Waals surface area contributed by atoms with E-state index in [2.05, 4.69) is 10.5 Å². The first kappa shape index (κ1) is 17.0. The van der Waals surface area contributed by atoms with Crippen LogP contribution >= 0.6 is 0 Å². The third-order valence-electron chi connectivity index (χ3n) is 4.24. The molecule has 132 valence electrons. The monoisotopic (exact) mass is 346 g/mol. The topological polar surface area (TPSA) is 122 Å². The number of aliphatic carboxylic acids is 1. The summed E-state index contributed by atoms with van der Waals surface area (Å²) in [6, 6.07) is 4.13. The van der Waals surface area contributed by atoms with Crippen molar-refractivity contribution in [1.29, 1.82) is 0 Å². The van der Waals surface area contributed by atoms with E-state index in [1.807, 2.05) is 12.1 Å². The standard InChI is InChI=1S/C17H18N2O6/c1-8(20)13(17(22)23)18-16(21)14-12-5-3-9-7-10(24-2)4-6-11(9)15(12)25-19-14/h4,6-8,13,20H,3,5H2,1-2H3,(H,18,21)(H,22,23)/t8-,13+/m1/s1. The first-order chi connectivity index (χ1) is 11.9. The largest absolute Gasteiger partial charge is 0.497 e.